The van der Waals surface area contributed by atoms with E-state index in [4.69, 9.17) is 21.3 Å². The Hall–Kier alpha value is -2.51. The van der Waals surface area contributed by atoms with Crippen LogP contribution in [0.3, 0.4) is 0 Å². The minimum Gasteiger partial charge on any atom is -0.379 e. The molecule has 1 saturated heterocycles. The molecule has 32 heavy (non-hydrogen) atoms. The molecule has 4 aromatic rings. The maximum atomic E-state index is 13.6. The second-order valence-electron chi connectivity index (χ2n) is 7.93. The number of hydrogen-bond donors (Lipinski definition) is 0. The number of rotatable bonds is 6. The number of carbonyl (C=O) groups excluding carboxylic acids is 1. The number of ether oxygens (including phenoxy) is 1. The molecule has 1 fully saturated rings. The standard InChI is InChI=1S/C25H24ClN3O2S/c26-21-8-9-22-23(17-21)32-25(27-22)29(11-3-10-28-12-14-31-15-13-28)24(30)20-7-6-18-4-1-2-5-19(18)16-20/h1-2,4-9,16-17H,3,10-15H2. The van der Waals surface area contributed by atoms with Crippen molar-refractivity contribution in [2.24, 2.45) is 0 Å². The molecule has 0 bridgehead atoms. The molecule has 0 saturated carbocycles. The number of thiazole rings is 1. The van der Waals surface area contributed by atoms with Crippen molar-refractivity contribution in [2.45, 2.75) is 6.42 Å². The van der Waals surface area contributed by atoms with Gasteiger partial charge in [-0.3, -0.25) is 14.6 Å². The first-order valence-corrected chi connectivity index (χ1v) is 12.0. The van der Waals surface area contributed by atoms with Crippen LogP contribution in [0.1, 0.15) is 16.8 Å². The van der Waals surface area contributed by atoms with E-state index in [0.717, 1.165) is 60.3 Å². The minimum atomic E-state index is -0.0251. The molecule has 164 valence electrons. The average molecular weight is 466 g/mol. The van der Waals surface area contributed by atoms with Gasteiger partial charge in [-0.05, 0) is 47.5 Å². The Labute approximate surface area is 196 Å². The summed E-state index contributed by atoms with van der Waals surface area (Å²) in [5.41, 5.74) is 1.53. The van der Waals surface area contributed by atoms with E-state index in [-0.39, 0.29) is 5.91 Å². The predicted molar refractivity (Wildman–Crippen MR) is 132 cm³/mol. The summed E-state index contributed by atoms with van der Waals surface area (Å²) in [7, 11) is 0. The van der Waals surface area contributed by atoms with E-state index in [1.165, 1.54) is 11.3 Å². The number of benzene rings is 3. The maximum Gasteiger partial charge on any atom is 0.260 e. The second-order valence-corrected chi connectivity index (χ2v) is 9.38. The van der Waals surface area contributed by atoms with Crippen LogP contribution >= 0.6 is 22.9 Å². The van der Waals surface area contributed by atoms with E-state index in [1.54, 1.807) is 0 Å². The van der Waals surface area contributed by atoms with Crippen molar-refractivity contribution in [1.82, 2.24) is 9.88 Å². The van der Waals surface area contributed by atoms with E-state index in [1.807, 2.05) is 59.5 Å². The van der Waals surface area contributed by atoms with Crippen molar-refractivity contribution in [1.29, 1.82) is 0 Å². The fraction of sp³-hybridized carbons (Fsp3) is 0.280. The highest BCUT2D eigenvalue weighted by Crippen LogP contribution is 2.32. The van der Waals surface area contributed by atoms with Gasteiger partial charge in [0.05, 0.1) is 23.4 Å². The minimum absolute atomic E-state index is 0.0251. The van der Waals surface area contributed by atoms with Gasteiger partial charge in [0.25, 0.3) is 5.91 Å². The lowest BCUT2D eigenvalue weighted by molar-refractivity contribution is 0.0376. The first-order valence-electron chi connectivity index (χ1n) is 10.8. The van der Waals surface area contributed by atoms with Crippen LogP contribution in [0.15, 0.2) is 60.7 Å². The van der Waals surface area contributed by atoms with Crippen LogP contribution in [0.4, 0.5) is 5.13 Å². The number of amides is 1. The number of halogens is 1. The highest BCUT2D eigenvalue weighted by atomic mass is 35.5. The molecule has 1 aliphatic rings. The zero-order valence-electron chi connectivity index (χ0n) is 17.7. The number of aromatic nitrogens is 1. The summed E-state index contributed by atoms with van der Waals surface area (Å²) in [4.78, 5) is 22.6. The highest BCUT2D eigenvalue weighted by Gasteiger charge is 2.22. The number of anilines is 1. The van der Waals surface area contributed by atoms with Crippen LogP contribution in [0.2, 0.25) is 5.02 Å². The van der Waals surface area contributed by atoms with Crippen molar-refractivity contribution in [3.8, 4) is 0 Å². The van der Waals surface area contributed by atoms with Crippen LogP contribution in [0, 0.1) is 0 Å². The third-order valence-corrected chi connectivity index (χ3v) is 7.05. The van der Waals surface area contributed by atoms with Gasteiger partial charge in [0, 0.05) is 36.8 Å². The molecular formula is C25H24ClN3O2S. The van der Waals surface area contributed by atoms with Crippen LogP contribution in [0.25, 0.3) is 21.0 Å². The largest absolute Gasteiger partial charge is 0.379 e. The Kier molecular flexibility index (Phi) is 6.37. The van der Waals surface area contributed by atoms with Crippen LogP contribution in [0.5, 0.6) is 0 Å². The average Bonchev–Trinajstić information content (AvgIpc) is 3.24. The highest BCUT2D eigenvalue weighted by molar-refractivity contribution is 7.22. The van der Waals surface area contributed by atoms with Gasteiger partial charge in [-0.15, -0.1) is 0 Å². The summed E-state index contributed by atoms with van der Waals surface area (Å²) >= 11 is 7.68. The molecule has 5 rings (SSSR count). The Morgan fingerprint density at radius 1 is 1.06 bits per heavy atom. The van der Waals surface area contributed by atoms with Crippen LogP contribution in [-0.4, -0.2) is 55.2 Å². The molecule has 0 aliphatic carbocycles. The van der Waals surface area contributed by atoms with Gasteiger partial charge in [-0.1, -0.05) is 53.3 Å². The van der Waals surface area contributed by atoms with Crippen LogP contribution in [-0.2, 0) is 4.74 Å². The summed E-state index contributed by atoms with van der Waals surface area (Å²) in [6.07, 6.45) is 0.871. The lowest BCUT2D eigenvalue weighted by atomic mass is 10.1. The lowest BCUT2D eigenvalue weighted by Crippen LogP contribution is -2.39. The van der Waals surface area contributed by atoms with E-state index < -0.39 is 0 Å². The monoisotopic (exact) mass is 465 g/mol. The summed E-state index contributed by atoms with van der Waals surface area (Å²) in [6, 6.07) is 19.6. The third kappa shape index (κ3) is 4.64. The summed E-state index contributed by atoms with van der Waals surface area (Å²) in [5.74, 6) is -0.0251. The van der Waals surface area contributed by atoms with E-state index >= 15 is 0 Å². The van der Waals surface area contributed by atoms with E-state index in [2.05, 4.69) is 11.0 Å². The van der Waals surface area contributed by atoms with Crippen molar-refractivity contribution >= 4 is 55.0 Å². The maximum absolute atomic E-state index is 13.6. The molecule has 7 heteroatoms. The first kappa shape index (κ1) is 21.3. The van der Waals surface area contributed by atoms with Crippen molar-refractivity contribution in [3.05, 3.63) is 71.2 Å². The number of carbonyl (C=O) groups is 1. The Morgan fingerprint density at radius 2 is 1.88 bits per heavy atom. The molecule has 5 nitrogen and oxygen atoms in total. The number of hydrogen-bond acceptors (Lipinski definition) is 5. The van der Waals surface area contributed by atoms with Crippen molar-refractivity contribution in [2.75, 3.05) is 44.3 Å². The molecule has 3 aromatic carbocycles. The summed E-state index contributed by atoms with van der Waals surface area (Å²) in [6.45, 7) is 4.98. The lowest BCUT2D eigenvalue weighted by Gasteiger charge is -2.27. The zero-order chi connectivity index (χ0) is 21.9. The molecule has 1 aliphatic heterocycles. The van der Waals surface area contributed by atoms with E-state index in [9.17, 15) is 4.79 Å². The molecule has 0 unspecified atom stereocenters. The molecule has 1 aromatic heterocycles. The first-order chi connectivity index (χ1) is 15.7. The van der Waals surface area contributed by atoms with Crippen molar-refractivity contribution < 1.29 is 9.53 Å². The fourth-order valence-electron chi connectivity index (χ4n) is 4.04. The van der Waals surface area contributed by atoms with Gasteiger partial charge in [0.1, 0.15) is 0 Å². The zero-order valence-corrected chi connectivity index (χ0v) is 19.2. The molecule has 0 spiro atoms. The molecular weight excluding hydrogens is 442 g/mol. The topological polar surface area (TPSA) is 45.7 Å². The smallest absolute Gasteiger partial charge is 0.260 e. The number of morpholine rings is 1. The SMILES string of the molecule is O=C(c1ccc2ccccc2c1)N(CCCN1CCOCC1)c1nc2ccc(Cl)cc2s1. The van der Waals surface area contributed by atoms with Gasteiger partial charge in [-0.25, -0.2) is 4.98 Å². The predicted octanol–water partition coefficient (Wildman–Crippen LogP) is 5.47. The quantitative estimate of drug-likeness (QED) is 0.378. The normalized spacial score (nSPS) is 14.8. The van der Waals surface area contributed by atoms with Crippen molar-refractivity contribution in [3.63, 3.8) is 0 Å². The molecule has 2 heterocycles. The molecule has 0 atom stereocenters. The third-order valence-electron chi connectivity index (χ3n) is 5.77. The summed E-state index contributed by atoms with van der Waals surface area (Å²) < 4.78 is 6.43. The van der Waals surface area contributed by atoms with Gasteiger partial charge >= 0.3 is 0 Å². The number of fused-ring (bicyclic) bond motifs is 2. The Bertz CT molecular complexity index is 1250. The van der Waals surface area contributed by atoms with Gasteiger partial charge < -0.3 is 4.74 Å². The second kappa shape index (κ2) is 9.55. The molecule has 1 amide bonds. The van der Waals surface area contributed by atoms with E-state index in [0.29, 0.717) is 22.3 Å². The van der Waals surface area contributed by atoms with Gasteiger partial charge in [0.15, 0.2) is 5.13 Å². The number of nitrogens with zero attached hydrogens (tertiary/aromatic N) is 3. The molecule has 0 radical (unpaired) electrons. The Balaban J connectivity index is 1.43. The fourth-order valence-corrected chi connectivity index (χ4v) is 5.31. The van der Waals surface area contributed by atoms with Gasteiger partial charge in [0.2, 0.25) is 0 Å². The Morgan fingerprint density at radius 3 is 2.72 bits per heavy atom. The molecule has 0 N–H and O–H groups in total. The van der Waals surface area contributed by atoms with Gasteiger partial charge in [-0.2, -0.15) is 0 Å². The van der Waals surface area contributed by atoms with Crippen LogP contribution < -0.4 is 4.90 Å². The summed E-state index contributed by atoms with van der Waals surface area (Å²) in [5, 5.41) is 3.56.